The molecule has 3 rings (SSSR count). The van der Waals surface area contributed by atoms with Crippen LogP contribution in [0.25, 0.3) is 0 Å². The SMILES string of the molecule is CC(C)(C)CC(C)(C)N=S(=NS(=O)(=O)c1ccc([N+](=O)[O-])cc1)(NC1CC1)c1ccc(F)cc1. The van der Waals surface area contributed by atoms with E-state index in [1.54, 1.807) is 0 Å². The monoisotopic (exact) mass is 510 g/mol. The number of nitro groups is 1. The molecule has 0 spiro atoms. The Morgan fingerprint density at radius 1 is 1.00 bits per heavy atom. The van der Waals surface area contributed by atoms with Gasteiger partial charge in [-0.15, -0.1) is 3.77 Å². The van der Waals surface area contributed by atoms with E-state index in [4.69, 9.17) is 4.36 Å². The zero-order valence-corrected chi connectivity index (χ0v) is 21.6. The normalized spacial score (nSPS) is 16.5. The minimum absolute atomic E-state index is 0.0463. The molecule has 2 aromatic carbocycles. The maximum absolute atomic E-state index is 13.8. The van der Waals surface area contributed by atoms with E-state index < -0.39 is 36.1 Å². The van der Waals surface area contributed by atoms with Gasteiger partial charge in [0.25, 0.3) is 15.7 Å². The molecule has 11 heteroatoms. The zero-order valence-electron chi connectivity index (χ0n) is 20.0. The van der Waals surface area contributed by atoms with Gasteiger partial charge < -0.3 is 0 Å². The molecule has 0 aliphatic heterocycles. The van der Waals surface area contributed by atoms with Gasteiger partial charge in [-0.1, -0.05) is 20.8 Å². The summed E-state index contributed by atoms with van der Waals surface area (Å²) in [7, 11) is -7.14. The van der Waals surface area contributed by atoms with E-state index in [1.165, 1.54) is 36.4 Å². The van der Waals surface area contributed by atoms with Crippen LogP contribution in [-0.2, 0) is 19.8 Å². The third kappa shape index (κ3) is 6.83. The summed E-state index contributed by atoms with van der Waals surface area (Å²) < 4.78 is 53.5. The Hall–Kier alpha value is -2.37. The number of non-ortho nitro benzene ring substituents is 1. The third-order valence-corrected chi connectivity index (χ3v) is 9.81. The first-order valence-corrected chi connectivity index (χ1v) is 13.9. The Balaban J connectivity index is 2.30. The summed E-state index contributed by atoms with van der Waals surface area (Å²) >= 11 is 0. The highest BCUT2D eigenvalue weighted by atomic mass is 32.3. The van der Waals surface area contributed by atoms with E-state index in [0.717, 1.165) is 25.0 Å². The number of sulfonamides is 1. The third-order valence-electron chi connectivity index (χ3n) is 4.94. The van der Waals surface area contributed by atoms with Gasteiger partial charge in [-0.25, -0.2) is 13.5 Å². The summed E-state index contributed by atoms with van der Waals surface area (Å²) in [6.07, 6.45) is 2.38. The van der Waals surface area contributed by atoms with Gasteiger partial charge in [0, 0.05) is 32.9 Å². The second-order valence-electron chi connectivity index (χ2n) is 10.3. The average Bonchev–Trinajstić information content (AvgIpc) is 3.49. The molecule has 0 bridgehead atoms. The molecular formula is C23H31FN4O4S2. The molecule has 1 unspecified atom stereocenters. The number of hydrogen-bond acceptors (Lipinski definition) is 5. The maximum Gasteiger partial charge on any atom is 0.290 e. The van der Waals surface area contributed by atoms with Crippen molar-refractivity contribution in [2.75, 3.05) is 0 Å². The first kappa shape index (κ1) is 26.2. The predicted molar refractivity (Wildman–Crippen MR) is 131 cm³/mol. The van der Waals surface area contributed by atoms with Crippen molar-refractivity contribution in [2.45, 2.75) is 75.3 Å². The lowest BCUT2D eigenvalue weighted by Crippen LogP contribution is -2.33. The number of nitrogens with zero attached hydrogens (tertiary/aromatic N) is 3. The van der Waals surface area contributed by atoms with Crippen LogP contribution in [0.1, 0.15) is 53.9 Å². The molecule has 0 saturated heterocycles. The van der Waals surface area contributed by atoms with E-state index in [-0.39, 0.29) is 22.0 Å². The molecule has 34 heavy (non-hydrogen) atoms. The Labute approximate surface area is 201 Å². The van der Waals surface area contributed by atoms with E-state index in [9.17, 15) is 22.9 Å². The summed E-state index contributed by atoms with van der Waals surface area (Å²) in [6.45, 7) is 10.1. The molecule has 1 aliphatic rings. The van der Waals surface area contributed by atoms with E-state index >= 15 is 0 Å². The number of benzene rings is 2. The van der Waals surface area contributed by atoms with Gasteiger partial charge in [0.2, 0.25) is 0 Å². The first-order chi connectivity index (χ1) is 15.6. The van der Waals surface area contributed by atoms with Crippen molar-refractivity contribution in [1.29, 1.82) is 0 Å². The molecule has 1 N–H and O–H groups in total. The molecule has 186 valence electrons. The number of halogens is 1. The molecule has 1 atom stereocenters. The minimum Gasteiger partial charge on any atom is -0.258 e. The fourth-order valence-corrected chi connectivity index (χ4v) is 8.80. The second kappa shape index (κ2) is 9.35. The topological polar surface area (TPSA) is 114 Å². The van der Waals surface area contributed by atoms with Gasteiger partial charge in [0.15, 0.2) is 0 Å². The van der Waals surface area contributed by atoms with Crippen LogP contribution in [0.2, 0.25) is 0 Å². The van der Waals surface area contributed by atoms with Crippen molar-refractivity contribution in [1.82, 2.24) is 4.72 Å². The molecule has 1 saturated carbocycles. The largest absolute Gasteiger partial charge is 0.290 e. The highest BCUT2D eigenvalue weighted by Crippen LogP contribution is 2.34. The highest BCUT2D eigenvalue weighted by Gasteiger charge is 2.32. The molecule has 1 fully saturated rings. The fraction of sp³-hybridized carbons (Fsp3) is 0.478. The maximum atomic E-state index is 13.8. The van der Waals surface area contributed by atoms with Gasteiger partial charge in [-0.05, 0) is 74.9 Å². The Morgan fingerprint density at radius 3 is 2.00 bits per heavy atom. The molecule has 0 radical (unpaired) electrons. The van der Waals surface area contributed by atoms with Crippen LogP contribution in [0.15, 0.2) is 66.5 Å². The zero-order chi connectivity index (χ0) is 25.4. The van der Waals surface area contributed by atoms with Crippen molar-refractivity contribution in [3.63, 3.8) is 0 Å². The molecular weight excluding hydrogens is 479 g/mol. The van der Waals surface area contributed by atoms with Crippen molar-refractivity contribution in [2.24, 2.45) is 13.5 Å². The quantitative estimate of drug-likeness (QED) is 0.352. The van der Waals surface area contributed by atoms with Crippen molar-refractivity contribution in [3.05, 3.63) is 64.5 Å². The van der Waals surface area contributed by atoms with Crippen molar-refractivity contribution < 1.29 is 17.7 Å². The Kier molecular flexibility index (Phi) is 7.22. The standard InChI is InChI=1S/C23H31FN4O4S2/c1-22(2,3)16-23(4,5)26-33(25-18-8-9-18,20-12-6-17(24)7-13-20)27-34(31,32)21-14-10-19(11-15-21)28(29)30/h6-7,10-15,18H,8-9,16H2,1-5H3,(H,25,26,27). The molecule has 0 heterocycles. The summed E-state index contributed by atoms with van der Waals surface area (Å²) in [5, 5.41) is 11.0. The smallest absolute Gasteiger partial charge is 0.258 e. The molecule has 8 nitrogen and oxygen atoms in total. The van der Waals surface area contributed by atoms with Gasteiger partial charge >= 0.3 is 0 Å². The van der Waals surface area contributed by atoms with Crippen molar-refractivity contribution >= 4 is 25.5 Å². The van der Waals surface area contributed by atoms with Crippen LogP contribution in [-0.4, -0.2) is 24.9 Å². The van der Waals surface area contributed by atoms with Crippen LogP contribution in [0.4, 0.5) is 10.1 Å². The number of rotatable bonds is 8. The summed E-state index contributed by atoms with van der Waals surface area (Å²) in [5.74, 6) is -0.448. The number of nitro benzene ring substituents is 1. The lowest BCUT2D eigenvalue weighted by molar-refractivity contribution is -0.384. The molecule has 0 aromatic heterocycles. The number of nitrogens with one attached hydrogen (secondary N) is 1. The van der Waals surface area contributed by atoms with Crippen molar-refractivity contribution in [3.8, 4) is 0 Å². The summed E-state index contributed by atoms with van der Waals surface area (Å²) in [4.78, 5) is 10.7. The van der Waals surface area contributed by atoms with E-state index in [0.29, 0.717) is 11.3 Å². The predicted octanol–water partition coefficient (Wildman–Crippen LogP) is 5.88. The number of hydrogen-bond donors (Lipinski definition) is 1. The first-order valence-electron chi connectivity index (χ1n) is 10.9. The van der Waals surface area contributed by atoms with Gasteiger partial charge in [0.05, 0.1) is 15.4 Å². The van der Waals surface area contributed by atoms with E-state index in [2.05, 4.69) is 29.3 Å². The van der Waals surface area contributed by atoms with Crippen LogP contribution >= 0.6 is 0 Å². The van der Waals surface area contributed by atoms with Gasteiger partial charge in [0.1, 0.15) is 5.82 Å². The van der Waals surface area contributed by atoms with Crippen LogP contribution in [0, 0.1) is 21.3 Å². The second-order valence-corrected chi connectivity index (χ2v) is 14.3. The average molecular weight is 511 g/mol. The molecule has 1 aliphatic carbocycles. The highest BCUT2D eigenvalue weighted by molar-refractivity contribution is 8.03. The summed E-state index contributed by atoms with van der Waals surface area (Å²) in [5.41, 5.74) is -0.959. The Bertz CT molecular complexity index is 1290. The molecule has 0 amide bonds. The van der Waals surface area contributed by atoms with Gasteiger partial charge in [-0.3, -0.25) is 10.1 Å². The summed E-state index contributed by atoms with van der Waals surface area (Å²) in [6, 6.07) is 10.2. The Morgan fingerprint density at radius 2 is 1.53 bits per heavy atom. The lowest BCUT2D eigenvalue weighted by Gasteiger charge is -2.31. The van der Waals surface area contributed by atoms with Crippen LogP contribution < -0.4 is 4.72 Å². The minimum atomic E-state index is -4.26. The van der Waals surface area contributed by atoms with Crippen LogP contribution in [0.5, 0.6) is 0 Å². The van der Waals surface area contributed by atoms with E-state index in [1.807, 2.05) is 13.8 Å². The van der Waals surface area contributed by atoms with Gasteiger partial charge in [-0.2, -0.15) is 8.42 Å². The molecule has 2 aromatic rings. The lowest BCUT2D eigenvalue weighted by atomic mass is 9.82. The van der Waals surface area contributed by atoms with Crippen LogP contribution in [0.3, 0.4) is 0 Å². The fourth-order valence-electron chi connectivity index (χ4n) is 3.90.